The van der Waals surface area contributed by atoms with Gasteiger partial charge >= 0.3 is 6.09 Å². The molecule has 0 bridgehead atoms. The number of halogens is 1. The molecule has 27 heavy (non-hydrogen) atoms. The first-order valence-corrected chi connectivity index (χ1v) is 9.26. The molecule has 3 aliphatic heterocycles. The van der Waals surface area contributed by atoms with E-state index in [2.05, 4.69) is 10.4 Å². The number of ether oxygens (including phenoxy) is 1. The molecule has 11 heteroatoms. The summed E-state index contributed by atoms with van der Waals surface area (Å²) in [6, 6.07) is 4.48. The van der Waals surface area contributed by atoms with Gasteiger partial charge in [-0.05, 0) is 18.2 Å². The van der Waals surface area contributed by atoms with Gasteiger partial charge in [0.05, 0.1) is 31.1 Å². The summed E-state index contributed by atoms with van der Waals surface area (Å²) in [5.74, 6) is 0.210. The minimum absolute atomic E-state index is 0.181. The fourth-order valence-electron chi connectivity index (χ4n) is 2.99. The Kier molecular flexibility index (Phi) is 4.81. The van der Waals surface area contributed by atoms with Crippen LogP contribution in [0.4, 0.5) is 20.6 Å². The lowest BCUT2D eigenvalue weighted by molar-refractivity contribution is 0.0963. The van der Waals surface area contributed by atoms with Gasteiger partial charge in [-0.1, -0.05) is 11.8 Å². The molecule has 3 heterocycles. The van der Waals surface area contributed by atoms with Crippen LogP contribution in [0.2, 0.25) is 0 Å². The van der Waals surface area contributed by atoms with E-state index in [1.807, 2.05) is 0 Å². The summed E-state index contributed by atoms with van der Waals surface area (Å²) < 4.78 is 19.6. The third kappa shape index (κ3) is 3.53. The van der Waals surface area contributed by atoms with Crippen LogP contribution in [0, 0.1) is 5.82 Å². The summed E-state index contributed by atoms with van der Waals surface area (Å²) in [5.41, 5.74) is 0.0382. The SMILES string of the molecule is O=C1O[C@@H](CO)CN1c1ccc(N2C=NN(C3=CSC(O)N3)CC2)c(F)c1. The lowest BCUT2D eigenvalue weighted by Crippen LogP contribution is -2.40. The molecule has 0 radical (unpaired) electrons. The van der Waals surface area contributed by atoms with E-state index in [-0.39, 0.29) is 13.2 Å². The largest absolute Gasteiger partial charge is 0.441 e. The maximum absolute atomic E-state index is 14.6. The average molecular weight is 395 g/mol. The summed E-state index contributed by atoms with van der Waals surface area (Å²) >= 11 is 1.25. The van der Waals surface area contributed by atoms with Gasteiger partial charge < -0.3 is 25.2 Å². The topological polar surface area (TPSA) is 101 Å². The molecule has 0 aromatic heterocycles. The van der Waals surface area contributed by atoms with Crippen molar-refractivity contribution in [1.29, 1.82) is 0 Å². The fraction of sp³-hybridized carbons (Fsp3) is 0.375. The molecule has 0 aliphatic carbocycles. The predicted octanol–water partition coefficient (Wildman–Crippen LogP) is 0.620. The van der Waals surface area contributed by atoms with Crippen molar-refractivity contribution >= 4 is 35.6 Å². The number of thioether (sulfide) groups is 1. The van der Waals surface area contributed by atoms with Gasteiger partial charge in [-0.3, -0.25) is 4.90 Å². The van der Waals surface area contributed by atoms with E-state index in [1.165, 1.54) is 29.1 Å². The number of hydrogen-bond donors (Lipinski definition) is 3. The van der Waals surface area contributed by atoms with E-state index in [9.17, 15) is 14.3 Å². The number of cyclic esters (lactones) is 1. The summed E-state index contributed by atoms with van der Waals surface area (Å²) in [7, 11) is 0. The second kappa shape index (κ2) is 7.25. The number of carbonyl (C=O) groups excluding carboxylic acids is 1. The number of aliphatic hydroxyl groups is 2. The van der Waals surface area contributed by atoms with Crippen molar-refractivity contribution in [2.45, 2.75) is 11.7 Å². The van der Waals surface area contributed by atoms with Crippen LogP contribution in [0.1, 0.15) is 0 Å². The zero-order valence-corrected chi connectivity index (χ0v) is 15.0. The summed E-state index contributed by atoms with van der Waals surface area (Å²) in [6.45, 7) is 0.920. The summed E-state index contributed by atoms with van der Waals surface area (Å²) in [4.78, 5) is 14.8. The number of carbonyl (C=O) groups is 1. The Labute approximate surface area is 158 Å². The molecule has 4 rings (SSSR count). The summed E-state index contributed by atoms with van der Waals surface area (Å²) in [6.07, 6.45) is 0.315. The Morgan fingerprint density at radius 3 is 2.85 bits per heavy atom. The molecule has 1 saturated heterocycles. The van der Waals surface area contributed by atoms with E-state index in [0.717, 1.165) is 0 Å². The van der Waals surface area contributed by atoms with Gasteiger partial charge in [0, 0.05) is 12.0 Å². The van der Waals surface area contributed by atoms with Crippen molar-refractivity contribution in [3.8, 4) is 0 Å². The number of nitrogens with zero attached hydrogens (tertiary/aromatic N) is 4. The minimum atomic E-state index is -0.680. The van der Waals surface area contributed by atoms with Gasteiger partial charge in [0.1, 0.15) is 24.1 Å². The van der Waals surface area contributed by atoms with Crippen molar-refractivity contribution in [3.63, 3.8) is 0 Å². The Hall–Kier alpha value is -2.50. The molecule has 1 aromatic carbocycles. The van der Waals surface area contributed by atoms with E-state index >= 15 is 0 Å². The van der Waals surface area contributed by atoms with Gasteiger partial charge in [-0.25, -0.2) is 14.2 Å². The van der Waals surface area contributed by atoms with E-state index in [0.29, 0.717) is 30.3 Å². The average Bonchev–Trinajstić information content (AvgIpc) is 3.27. The van der Waals surface area contributed by atoms with Crippen molar-refractivity contribution in [3.05, 3.63) is 35.2 Å². The van der Waals surface area contributed by atoms with Crippen LogP contribution >= 0.6 is 11.8 Å². The first kappa shape index (κ1) is 17.9. The highest BCUT2D eigenvalue weighted by Crippen LogP contribution is 2.29. The van der Waals surface area contributed by atoms with Crippen LogP contribution in [0.3, 0.4) is 0 Å². The quantitative estimate of drug-likeness (QED) is 0.682. The number of hydrazone groups is 1. The Morgan fingerprint density at radius 1 is 1.41 bits per heavy atom. The van der Waals surface area contributed by atoms with Gasteiger partial charge in [-0.2, -0.15) is 5.10 Å². The second-order valence-corrected chi connectivity index (χ2v) is 7.07. The van der Waals surface area contributed by atoms with Crippen LogP contribution in [0.25, 0.3) is 0 Å². The molecule has 1 aromatic rings. The van der Waals surface area contributed by atoms with Crippen LogP contribution in [0.15, 0.2) is 34.5 Å². The zero-order valence-electron chi connectivity index (χ0n) is 14.2. The molecular formula is C16H18FN5O4S. The molecule has 2 atom stereocenters. The number of nitrogens with one attached hydrogen (secondary N) is 1. The predicted molar refractivity (Wildman–Crippen MR) is 98.5 cm³/mol. The van der Waals surface area contributed by atoms with Crippen LogP contribution in [0.5, 0.6) is 0 Å². The summed E-state index contributed by atoms with van der Waals surface area (Å²) in [5, 5.41) is 29.2. The molecule has 1 unspecified atom stereocenters. The van der Waals surface area contributed by atoms with Gasteiger partial charge in [0.2, 0.25) is 0 Å². The molecule has 0 saturated carbocycles. The van der Waals surface area contributed by atoms with Crippen molar-refractivity contribution < 1.29 is 24.1 Å². The maximum Gasteiger partial charge on any atom is 0.414 e. The van der Waals surface area contributed by atoms with E-state index in [1.54, 1.807) is 27.4 Å². The number of benzene rings is 1. The number of hydrogen-bond acceptors (Lipinski definition) is 9. The smallest absolute Gasteiger partial charge is 0.414 e. The van der Waals surface area contributed by atoms with Crippen molar-refractivity contribution in [1.82, 2.24) is 10.3 Å². The molecular weight excluding hydrogens is 377 g/mol. The van der Waals surface area contributed by atoms with Crippen molar-refractivity contribution in [2.24, 2.45) is 5.10 Å². The van der Waals surface area contributed by atoms with Crippen LogP contribution in [-0.2, 0) is 4.74 Å². The lowest BCUT2D eigenvalue weighted by Gasteiger charge is -2.30. The third-order valence-corrected chi connectivity index (χ3v) is 5.11. The Morgan fingerprint density at radius 2 is 2.26 bits per heavy atom. The van der Waals surface area contributed by atoms with E-state index in [4.69, 9.17) is 9.84 Å². The Balaban J connectivity index is 1.47. The first-order valence-electron chi connectivity index (χ1n) is 8.32. The highest BCUT2D eigenvalue weighted by Gasteiger charge is 2.32. The second-order valence-electron chi connectivity index (χ2n) is 6.12. The number of aliphatic hydroxyl groups excluding tert-OH is 2. The monoisotopic (exact) mass is 395 g/mol. The molecule has 1 fully saturated rings. The highest BCUT2D eigenvalue weighted by atomic mass is 32.2. The standard InChI is InChI=1S/C16H18FN5O4S/c17-12-5-10(21-6-11(7-23)26-16(21)25)1-2-13(12)20-3-4-22(18-9-20)14-8-27-15(24)19-14/h1-2,5,8-9,11,15,19,23-24H,3-4,6-7H2/t11-,15?/m1/s1. The van der Waals surface area contributed by atoms with Crippen LogP contribution < -0.4 is 15.1 Å². The number of anilines is 2. The highest BCUT2D eigenvalue weighted by molar-refractivity contribution is 8.02. The van der Waals surface area contributed by atoms with Gasteiger partial charge in [0.15, 0.2) is 5.56 Å². The fourth-order valence-corrected chi connectivity index (χ4v) is 3.63. The van der Waals surface area contributed by atoms with Crippen LogP contribution in [-0.4, -0.2) is 65.6 Å². The number of amides is 1. The molecule has 3 N–H and O–H groups in total. The lowest BCUT2D eigenvalue weighted by atomic mass is 10.2. The normalized spacial score (nSPS) is 24.9. The number of rotatable bonds is 4. The molecule has 1 amide bonds. The molecule has 144 valence electrons. The van der Waals surface area contributed by atoms with Gasteiger partial charge in [-0.15, -0.1) is 0 Å². The van der Waals surface area contributed by atoms with Gasteiger partial charge in [0.25, 0.3) is 0 Å². The first-order chi connectivity index (χ1) is 13.0. The maximum atomic E-state index is 14.6. The van der Waals surface area contributed by atoms with Crippen molar-refractivity contribution in [2.75, 3.05) is 36.0 Å². The molecule has 0 spiro atoms. The minimum Gasteiger partial charge on any atom is -0.441 e. The third-order valence-electron chi connectivity index (χ3n) is 4.37. The van der Waals surface area contributed by atoms with E-state index < -0.39 is 23.6 Å². The zero-order chi connectivity index (χ0) is 19.0. The Bertz CT molecular complexity index is 807. The molecule has 9 nitrogen and oxygen atoms in total. The molecule has 3 aliphatic rings.